The number of rotatable bonds is 3. The Labute approximate surface area is 147 Å². The van der Waals surface area contributed by atoms with Crippen LogP contribution in [0.15, 0.2) is 72.9 Å². The third-order valence-electron chi connectivity index (χ3n) is 3.76. The first kappa shape index (κ1) is 16.5. The maximum Gasteiger partial charge on any atom is 0.228 e. The zero-order chi connectivity index (χ0) is 17.5. The SMILES string of the molecule is Cc1ccccc1CC(=O)Nc1cccc(C#Cc2ccccn2)c1. The summed E-state index contributed by atoms with van der Waals surface area (Å²) in [5.41, 5.74) is 4.45. The number of carbonyl (C=O) groups excluding carboxylic acids is 1. The van der Waals surface area contributed by atoms with Crippen LogP contribution in [0.3, 0.4) is 0 Å². The summed E-state index contributed by atoms with van der Waals surface area (Å²) in [5.74, 6) is 6.05. The minimum absolute atomic E-state index is 0.0378. The highest BCUT2D eigenvalue weighted by atomic mass is 16.1. The highest BCUT2D eigenvalue weighted by molar-refractivity contribution is 5.92. The lowest BCUT2D eigenvalue weighted by atomic mass is 10.1. The van der Waals surface area contributed by atoms with E-state index in [1.165, 1.54) is 0 Å². The number of nitrogens with one attached hydrogen (secondary N) is 1. The van der Waals surface area contributed by atoms with E-state index in [4.69, 9.17) is 0 Å². The fraction of sp³-hybridized carbons (Fsp3) is 0.0909. The second-order valence-corrected chi connectivity index (χ2v) is 5.70. The molecule has 3 rings (SSSR count). The molecular formula is C22H18N2O. The summed E-state index contributed by atoms with van der Waals surface area (Å²) in [6.07, 6.45) is 2.07. The number of hydrogen-bond donors (Lipinski definition) is 1. The van der Waals surface area contributed by atoms with Crippen LogP contribution in [0.4, 0.5) is 5.69 Å². The summed E-state index contributed by atoms with van der Waals surface area (Å²) in [5, 5.41) is 2.93. The Morgan fingerprint density at radius 3 is 2.64 bits per heavy atom. The highest BCUT2D eigenvalue weighted by Crippen LogP contribution is 2.12. The minimum atomic E-state index is -0.0378. The predicted molar refractivity (Wildman–Crippen MR) is 100 cm³/mol. The number of carbonyl (C=O) groups is 1. The van der Waals surface area contributed by atoms with E-state index in [0.29, 0.717) is 6.42 Å². The minimum Gasteiger partial charge on any atom is -0.326 e. The molecule has 3 aromatic rings. The molecule has 122 valence electrons. The molecule has 0 atom stereocenters. The summed E-state index contributed by atoms with van der Waals surface area (Å²) in [6, 6.07) is 21.0. The van der Waals surface area contributed by atoms with Crippen molar-refractivity contribution in [1.29, 1.82) is 0 Å². The zero-order valence-electron chi connectivity index (χ0n) is 14.0. The molecule has 0 aliphatic carbocycles. The third-order valence-corrected chi connectivity index (χ3v) is 3.76. The molecule has 0 radical (unpaired) electrons. The van der Waals surface area contributed by atoms with Crippen LogP contribution in [-0.4, -0.2) is 10.9 Å². The summed E-state index contributed by atoms with van der Waals surface area (Å²) < 4.78 is 0. The van der Waals surface area contributed by atoms with E-state index in [-0.39, 0.29) is 5.91 Å². The second-order valence-electron chi connectivity index (χ2n) is 5.70. The zero-order valence-corrected chi connectivity index (χ0v) is 14.0. The quantitative estimate of drug-likeness (QED) is 0.740. The van der Waals surface area contributed by atoms with Crippen LogP contribution in [0.5, 0.6) is 0 Å². The molecule has 0 fully saturated rings. The molecule has 1 heterocycles. The molecule has 0 saturated heterocycles. The van der Waals surface area contributed by atoms with Gasteiger partial charge < -0.3 is 5.32 Å². The van der Waals surface area contributed by atoms with Crippen LogP contribution in [0, 0.1) is 18.8 Å². The molecule has 0 saturated carbocycles. The second kappa shape index (κ2) is 7.94. The number of aromatic nitrogens is 1. The first-order valence-electron chi connectivity index (χ1n) is 8.08. The monoisotopic (exact) mass is 326 g/mol. The average Bonchev–Trinajstić information content (AvgIpc) is 2.63. The Bertz CT molecular complexity index is 937. The number of nitrogens with zero attached hydrogens (tertiary/aromatic N) is 1. The van der Waals surface area contributed by atoms with Crippen molar-refractivity contribution in [1.82, 2.24) is 4.98 Å². The van der Waals surface area contributed by atoms with E-state index in [1.807, 2.05) is 73.7 Å². The summed E-state index contributed by atoms with van der Waals surface area (Å²) in [7, 11) is 0. The smallest absolute Gasteiger partial charge is 0.228 e. The first-order valence-corrected chi connectivity index (χ1v) is 8.08. The van der Waals surface area contributed by atoms with Gasteiger partial charge in [0.25, 0.3) is 0 Å². The van der Waals surface area contributed by atoms with Gasteiger partial charge in [-0.2, -0.15) is 0 Å². The van der Waals surface area contributed by atoms with Gasteiger partial charge in [0.1, 0.15) is 5.69 Å². The normalized spacial score (nSPS) is 9.80. The Hall–Kier alpha value is -3.38. The van der Waals surface area contributed by atoms with Crippen molar-refractivity contribution in [3.8, 4) is 11.8 Å². The molecule has 25 heavy (non-hydrogen) atoms. The Morgan fingerprint density at radius 2 is 1.84 bits per heavy atom. The number of aryl methyl sites for hydroxylation is 1. The molecule has 2 aromatic carbocycles. The van der Waals surface area contributed by atoms with Gasteiger partial charge >= 0.3 is 0 Å². The fourth-order valence-electron chi connectivity index (χ4n) is 2.43. The van der Waals surface area contributed by atoms with Crippen molar-refractivity contribution in [3.63, 3.8) is 0 Å². The van der Waals surface area contributed by atoms with Gasteiger partial charge in [0.2, 0.25) is 5.91 Å². The van der Waals surface area contributed by atoms with E-state index in [9.17, 15) is 4.79 Å². The third kappa shape index (κ3) is 4.79. The van der Waals surface area contributed by atoms with E-state index in [1.54, 1.807) is 6.20 Å². The van der Waals surface area contributed by atoms with E-state index >= 15 is 0 Å². The van der Waals surface area contributed by atoms with Crippen LogP contribution in [-0.2, 0) is 11.2 Å². The van der Waals surface area contributed by atoms with E-state index < -0.39 is 0 Å². The fourth-order valence-corrected chi connectivity index (χ4v) is 2.43. The van der Waals surface area contributed by atoms with E-state index in [0.717, 1.165) is 28.1 Å². The number of amides is 1. The van der Waals surface area contributed by atoms with Crippen molar-refractivity contribution in [2.24, 2.45) is 0 Å². The number of anilines is 1. The van der Waals surface area contributed by atoms with Gasteiger partial charge in [0, 0.05) is 17.4 Å². The van der Waals surface area contributed by atoms with Gasteiger partial charge in [-0.3, -0.25) is 4.79 Å². The lowest BCUT2D eigenvalue weighted by molar-refractivity contribution is -0.115. The standard InChI is InChI=1S/C22H18N2O/c1-17-7-2-3-9-19(17)16-22(25)24-21-11-6-8-18(15-21)12-13-20-10-4-5-14-23-20/h2-11,14-15H,16H2,1H3,(H,24,25). The predicted octanol–water partition coefficient (Wildman–Crippen LogP) is 3.97. The average molecular weight is 326 g/mol. The Balaban J connectivity index is 1.69. The molecule has 3 heteroatoms. The van der Waals surface area contributed by atoms with Gasteiger partial charge in [0.05, 0.1) is 6.42 Å². The molecule has 0 unspecified atom stereocenters. The van der Waals surface area contributed by atoms with Crippen molar-refractivity contribution < 1.29 is 4.79 Å². The van der Waals surface area contributed by atoms with Crippen LogP contribution < -0.4 is 5.32 Å². The van der Waals surface area contributed by atoms with Crippen molar-refractivity contribution in [2.45, 2.75) is 13.3 Å². The van der Waals surface area contributed by atoms with E-state index in [2.05, 4.69) is 22.1 Å². The molecule has 1 amide bonds. The lowest BCUT2D eigenvalue weighted by Crippen LogP contribution is -2.15. The van der Waals surface area contributed by atoms with Gasteiger partial charge in [0.15, 0.2) is 0 Å². The highest BCUT2D eigenvalue weighted by Gasteiger charge is 2.06. The summed E-state index contributed by atoms with van der Waals surface area (Å²) >= 11 is 0. The molecule has 0 aliphatic heterocycles. The molecule has 1 N–H and O–H groups in total. The van der Waals surface area contributed by atoms with Crippen LogP contribution in [0.25, 0.3) is 0 Å². The van der Waals surface area contributed by atoms with Gasteiger partial charge in [-0.1, -0.05) is 42.3 Å². The van der Waals surface area contributed by atoms with Crippen molar-refractivity contribution in [3.05, 3.63) is 95.3 Å². The molecule has 0 bridgehead atoms. The molecule has 1 aromatic heterocycles. The number of hydrogen-bond acceptors (Lipinski definition) is 2. The molecule has 3 nitrogen and oxygen atoms in total. The van der Waals surface area contributed by atoms with Gasteiger partial charge in [-0.15, -0.1) is 0 Å². The van der Waals surface area contributed by atoms with Gasteiger partial charge in [-0.05, 0) is 54.3 Å². The molecule has 0 spiro atoms. The maximum atomic E-state index is 12.3. The Kier molecular flexibility index (Phi) is 5.23. The first-order chi connectivity index (χ1) is 12.2. The lowest BCUT2D eigenvalue weighted by Gasteiger charge is -2.07. The maximum absolute atomic E-state index is 12.3. The topological polar surface area (TPSA) is 42.0 Å². The summed E-state index contributed by atoms with van der Waals surface area (Å²) in [4.78, 5) is 16.4. The summed E-state index contributed by atoms with van der Waals surface area (Å²) in [6.45, 7) is 2.01. The van der Waals surface area contributed by atoms with Crippen LogP contribution in [0.2, 0.25) is 0 Å². The van der Waals surface area contributed by atoms with Gasteiger partial charge in [-0.25, -0.2) is 4.98 Å². The number of benzene rings is 2. The van der Waals surface area contributed by atoms with Crippen molar-refractivity contribution in [2.75, 3.05) is 5.32 Å². The Morgan fingerprint density at radius 1 is 1.00 bits per heavy atom. The van der Waals surface area contributed by atoms with Crippen molar-refractivity contribution >= 4 is 11.6 Å². The number of pyridine rings is 1. The van der Waals surface area contributed by atoms with Crippen LogP contribution >= 0.6 is 0 Å². The molecule has 0 aliphatic rings. The van der Waals surface area contributed by atoms with Crippen LogP contribution in [0.1, 0.15) is 22.4 Å². The largest absolute Gasteiger partial charge is 0.326 e. The molecular weight excluding hydrogens is 308 g/mol.